The van der Waals surface area contributed by atoms with Crippen LogP contribution in [0.4, 0.5) is 0 Å². The van der Waals surface area contributed by atoms with E-state index in [4.69, 9.17) is 4.98 Å². The molecule has 1 N–H and O–H groups in total. The summed E-state index contributed by atoms with van der Waals surface area (Å²) in [6, 6.07) is 8.03. The number of benzene rings is 1. The number of para-hydroxylation sites is 1. The third-order valence-corrected chi connectivity index (χ3v) is 5.68. The van der Waals surface area contributed by atoms with Crippen LogP contribution >= 0.6 is 0 Å². The molecule has 0 saturated carbocycles. The van der Waals surface area contributed by atoms with E-state index in [1.807, 2.05) is 24.3 Å². The number of amides is 1. The van der Waals surface area contributed by atoms with E-state index in [0.29, 0.717) is 0 Å². The lowest BCUT2D eigenvalue weighted by Crippen LogP contribution is -2.45. The van der Waals surface area contributed by atoms with E-state index in [0.717, 1.165) is 87.1 Å². The number of piperazine rings is 1. The smallest absolute Gasteiger partial charge is 0.252 e. The average Bonchev–Trinajstić information content (AvgIpc) is 3.12. The van der Waals surface area contributed by atoms with Crippen LogP contribution in [0, 0.1) is 0 Å². The molecule has 1 amide bonds. The second-order valence-electron chi connectivity index (χ2n) is 7.54. The summed E-state index contributed by atoms with van der Waals surface area (Å²) in [5, 5.41) is 4.16. The van der Waals surface area contributed by atoms with Crippen molar-refractivity contribution in [2.75, 3.05) is 46.3 Å². The van der Waals surface area contributed by atoms with Gasteiger partial charge in [-0.3, -0.25) is 9.78 Å². The predicted octanol–water partition coefficient (Wildman–Crippen LogP) is 2.09. The molecule has 1 aromatic heterocycles. The van der Waals surface area contributed by atoms with Gasteiger partial charge in [-0.05, 0) is 50.9 Å². The number of pyridine rings is 1. The van der Waals surface area contributed by atoms with Crippen molar-refractivity contribution in [2.24, 2.45) is 0 Å². The number of carbonyl (C=O) groups is 1. The van der Waals surface area contributed by atoms with Gasteiger partial charge < -0.3 is 15.1 Å². The predicted molar refractivity (Wildman–Crippen MR) is 105 cm³/mol. The highest BCUT2D eigenvalue weighted by Crippen LogP contribution is 2.29. The molecule has 0 radical (unpaired) electrons. The minimum Gasteiger partial charge on any atom is -0.352 e. The zero-order chi connectivity index (χ0) is 17.9. The minimum absolute atomic E-state index is 0.0696. The number of nitrogens with one attached hydrogen (secondary N) is 1. The lowest BCUT2D eigenvalue weighted by atomic mass is 10.0. The van der Waals surface area contributed by atoms with E-state index in [1.165, 1.54) is 5.56 Å². The van der Waals surface area contributed by atoms with Crippen LogP contribution in [0.15, 0.2) is 24.3 Å². The minimum atomic E-state index is 0.0696. The Kier molecular flexibility index (Phi) is 5.18. The van der Waals surface area contributed by atoms with Crippen LogP contribution in [0.2, 0.25) is 0 Å². The van der Waals surface area contributed by atoms with E-state index < -0.39 is 0 Å². The highest BCUT2D eigenvalue weighted by Gasteiger charge is 2.23. The number of hydrogen-bond acceptors (Lipinski definition) is 4. The molecule has 138 valence electrons. The molecular formula is C21H28N4O. The first-order valence-electron chi connectivity index (χ1n) is 9.82. The third-order valence-electron chi connectivity index (χ3n) is 5.68. The van der Waals surface area contributed by atoms with Gasteiger partial charge in [0.15, 0.2) is 0 Å². The van der Waals surface area contributed by atoms with Crippen molar-refractivity contribution in [3.05, 3.63) is 41.1 Å². The van der Waals surface area contributed by atoms with Crippen LogP contribution in [0.3, 0.4) is 0 Å². The Balaban J connectivity index is 1.41. The molecule has 5 nitrogen and oxygen atoms in total. The van der Waals surface area contributed by atoms with Gasteiger partial charge in [0.25, 0.3) is 5.91 Å². The second kappa shape index (κ2) is 7.72. The summed E-state index contributed by atoms with van der Waals surface area (Å²) >= 11 is 0. The van der Waals surface area contributed by atoms with E-state index in [2.05, 4.69) is 22.2 Å². The highest BCUT2D eigenvalue weighted by molar-refractivity contribution is 6.07. The standard InChI is InChI=1S/C21H28N4O/c1-24-12-14-25(15-13-24)11-5-10-22-21(26)20-16-6-2-3-8-18(16)23-19-9-4-7-17(19)20/h2-3,6,8H,4-5,7,9-15H2,1H3,(H,22,26). The van der Waals surface area contributed by atoms with E-state index >= 15 is 0 Å². The Bertz CT molecular complexity index is 796. The monoisotopic (exact) mass is 352 g/mol. The summed E-state index contributed by atoms with van der Waals surface area (Å²) in [6.45, 7) is 6.34. The molecule has 1 saturated heterocycles. The van der Waals surface area contributed by atoms with Crippen molar-refractivity contribution < 1.29 is 4.79 Å². The summed E-state index contributed by atoms with van der Waals surface area (Å²) in [5.41, 5.74) is 4.09. The van der Waals surface area contributed by atoms with Crippen LogP contribution in [0.25, 0.3) is 10.9 Å². The quantitative estimate of drug-likeness (QED) is 0.837. The van der Waals surface area contributed by atoms with Crippen molar-refractivity contribution in [1.82, 2.24) is 20.1 Å². The SMILES string of the molecule is CN1CCN(CCCNC(=O)c2c3c(nc4ccccc24)CCC3)CC1. The Morgan fingerprint density at radius 1 is 1.15 bits per heavy atom. The number of likely N-dealkylation sites (N-methyl/N-ethyl adjacent to an activating group) is 1. The number of aryl methyl sites for hydroxylation is 1. The van der Waals surface area contributed by atoms with Crippen molar-refractivity contribution >= 4 is 16.8 Å². The zero-order valence-electron chi connectivity index (χ0n) is 15.6. The van der Waals surface area contributed by atoms with Gasteiger partial charge in [0.05, 0.1) is 11.1 Å². The van der Waals surface area contributed by atoms with Crippen molar-refractivity contribution in [2.45, 2.75) is 25.7 Å². The topological polar surface area (TPSA) is 48.5 Å². The van der Waals surface area contributed by atoms with E-state index in [-0.39, 0.29) is 5.91 Å². The lowest BCUT2D eigenvalue weighted by molar-refractivity contribution is 0.0950. The molecule has 5 heteroatoms. The lowest BCUT2D eigenvalue weighted by Gasteiger charge is -2.32. The first kappa shape index (κ1) is 17.4. The molecule has 2 aromatic rings. The summed E-state index contributed by atoms with van der Waals surface area (Å²) in [5.74, 6) is 0.0696. The van der Waals surface area contributed by atoms with Crippen molar-refractivity contribution in [1.29, 1.82) is 0 Å². The molecule has 4 rings (SSSR count). The fourth-order valence-corrected chi connectivity index (χ4v) is 4.13. The first-order valence-corrected chi connectivity index (χ1v) is 9.82. The van der Waals surface area contributed by atoms with Gasteiger partial charge in [0.1, 0.15) is 0 Å². The van der Waals surface area contributed by atoms with Gasteiger partial charge in [-0.25, -0.2) is 0 Å². The Hall–Kier alpha value is -1.98. The number of fused-ring (bicyclic) bond motifs is 2. The first-order chi connectivity index (χ1) is 12.7. The molecule has 2 aliphatic rings. The molecule has 0 unspecified atom stereocenters. The summed E-state index contributed by atoms with van der Waals surface area (Å²) in [4.78, 5) is 22.6. The fraction of sp³-hybridized carbons (Fsp3) is 0.524. The molecule has 1 fully saturated rings. The van der Waals surface area contributed by atoms with Crippen LogP contribution in [-0.4, -0.2) is 67.0 Å². The Morgan fingerprint density at radius 3 is 2.81 bits per heavy atom. The molecule has 1 aliphatic heterocycles. The molecule has 2 heterocycles. The fourth-order valence-electron chi connectivity index (χ4n) is 4.13. The molecule has 26 heavy (non-hydrogen) atoms. The second-order valence-corrected chi connectivity index (χ2v) is 7.54. The van der Waals surface area contributed by atoms with Crippen LogP contribution in [0.5, 0.6) is 0 Å². The average molecular weight is 352 g/mol. The Labute approximate surface area is 155 Å². The molecular weight excluding hydrogens is 324 g/mol. The molecule has 0 atom stereocenters. The van der Waals surface area contributed by atoms with Crippen LogP contribution in [-0.2, 0) is 12.8 Å². The van der Waals surface area contributed by atoms with Crippen LogP contribution in [0.1, 0.15) is 34.5 Å². The summed E-state index contributed by atoms with van der Waals surface area (Å²) in [7, 11) is 2.18. The van der Waals surface area contributed by atoms with Gasteiger partial charge in [-0.1, -0.05) is 18.2 Å². The maximum Gasteiger partial charge on any atom is 0.252 e. The number of rotatable bonds is 5. The maximum atomic E-state index is 13.0. The number of hydrogen-bond donors (Lipinski definition) is 1. The highest BCUT2D eigenvalue weighted by atomic mass is 16.1. The number of nitrogens with zero attached hydrogens (tertiary/aromatic N) is 3. The van der Waals surface area contributed by atoms with Gasteiger partial charge in [0, 0.05) is 43.8 Å². The van der Waals surface area contributed by atoms with Crippen LogP contribution < -0.4 is 5.32 Å². The van der Waals surface area contributed by atoms with Crippen molar-refractivity contribution in [3.8, 4) is 0 Å². The van der Waals surface area contributed by atoms with E-state index in [1.54, 1.807) is 0 Å². The molecule has 0 bridgehead atoms. The largest absolute Gasteiger partial charge is 0.352 e. The normalized spacial score (nSPS) is 18.2. The van der Waals surface area contributed by atoms with Gasteiger partial charge in [-0.15, -0.1) is 0 Å². The van der Waals surface area contributed by atoms with Gasteiger partial charge in [0.2, 0.25) is 0 Å². The number of carbonyl (C=O) groups excluding carboxylic acids is 1. The molecule has 0 spiro atoms. The van der Waals surface area contributed by atoms with Gasteiger partial charge in [-0.2, -0.15) is 0 Å². The zero-order valence-corrected chi connectivity index (χ0v) is 15.6. The maximum absolute atomic E-state index is 13.0. The van der Waals surface area contributed by atoms with Crippen molar-refractivity contribution in [3.63, 3.8) is 0 Å². The molecule has 1 aliphatic carbocycles. The Morgan fingerprint density at radius 2 is 1.96 bits per heavy atom. The summed E-state index contributed by atoms with van der Waals surface area (Å²) < 4.78 is 0. The van der Waals surface area contributed by atoms with Gasteiger partial charge >= 0.3 is 0 Å². The number of aromatic nitrogens is 1. The summed E-state index contributed by atoms with van der Waals surface area (Å²) in [6.07, 6.45) is 4.06. The third kappa shape index (κ3) is 3.60. The molecule has 1 aromatic carbocycles. The van der Waals surface area contributed by atoms with E-state index in [9.17, 15) is 4.79 Å².